The van der Waals surface area contributed by atoms with E-state index in [-0.39, 0.29) is 29.0 Å². The molecule has 0 bridgehead atoms. The fourth-order valence-electron chi connectivity index (χ4n) is 3.47. The quantitative estimate of drug-likeness (QED) is 0.358. The number of ether oxygens (including phenoxy) is 1. The van der Waals surface area contributed by atoms with Gasteiger partial charge in [0.25, 0.3) is 5.56 Å². The molecule has 0 aromatic carbocycles. The van der Waals surface area contributed by atoms with Gasteiger partial charge in [0.15, 0.2) is 5.82 Å². The Balaban J connectivity index is 1.71. The summed E-state index contributed by atoms with van der Waals surface area (Å²) in [5.41, 5.74) is 2.46. The van der Waals surface area contributed by atoms with Gasteiger partial charge in [0.05, 0.1) is 23.3 Å². The summed E-state index contributed by atoms with van der Waals surface area (Å²) in [5, 5.41) is -0.181. The number of aryl methyl sites for hydroxylation is 2. The predicted molar refractivity (Wildman–Crippen MR) is 128 cm³/mol. The minimum absolute atomic E-state index is 0.0697. The maximum absolute atomic E-state index is 13.9. The van der Waals surface area contributed by atoms with E-state index in [2.05, 4.69) is 19.9 Å². The second kappa shape index (κ2) is 9.87. The first-order valence-corrected chi connectivity index (χ1v) is 11.2. The standard InChI is InChI=1S/C25H22ClF2N5O2/c1-13(2)24-29-6-5-18(32-24)19-9-21(14(3)10-30-19)33-15(4)7-22(23(26)25(33)34)35-12-20-17(28)8-16(27)11-31-20/h5-11,13H,12H2,1-4H3. The molecule has 4 rings (SSSR count). The molecule has 0 atom stereocenters. The number of halogens is 3. The summed E-state index contributed by atoms with van der Waals surface area (Å²) in [4.78, 5) is 30.3. The van der Waals surface area contributed by atoms with Crippen molar-refractivity contribution in [2.75, 3.05) is 0 Å². The Labute approximate surface area is 205 Å². The van der Waals surface area contributed by atoms with Crippen LogP contribution >= 0.6 is 11.6 Å². The van der Waals surface area contributed by atoms with Crippen molar-refractivity contribution in [2.24, 2.45) is 0 Å². The van der Waals surface area contributed by atoms with Gasteiger partial charge >= 0.3 is 0 Å². The summed E-state index contributed by atoms with van der Waals surface area (Å²) in [6.45, 7) is 7.24. The van der Waals surface area contributed by atoms with E-state index in [4.69, 9.17) is 16.3 Å². The first kappa shape index (κ1) is 24.4. The molecule has 0 aliphatic carbocycles. The Hall–Kier alpha value is -3.72. The molecule has 0 saturated heterocycles. The summed E-state index contributed by atoms with van der Waals surface area (Å²) < 4.78 is 34.0. The van der Waals surface area contributed by atoms with Crippen molar-refractivity contribution in [3.63, 3.8) is 0 Å². The van der Waals surface area contributed by atoms with Crippen LogP contribution in [-0.4, -0.2) is 24.5 Å². The molecule has 0 spiro atoms. The van der Waals surface area contributed by atoms with Crippen LogP contribution in [0.3, 0.4) is 0 Å². The van der Waals surface area contributed by atoms with Gasteiger partial charge in [-0.2, -0.15) is 0 Å². The van der Waals surface area contributed by atoms with Gasteiger partial charge in [-0.3, -0.25) is 19.3 Å². The van der Waals surface area contributed by atoms with Gasteiger partial charge in [-0.05, 0) is 31.5 Å². The molecule has 180 valence electrons. The largest absolute Gasteiger partial charge is 0.485 e. The van der Waals surface area contributed by atoms with Crippen molar-refractivity contribution in [3.8, 4) is 22.8 Å². The Morgan fingerprint density at radius 3 is 2.54 bits per heavy atom. The summed E-state index contributed by atoms with van der Waals surface area (Å²) >= 11 is 6.35. The molecule has 0 unspecified atom stereocenters. The van der Waals surface area contributed by atoms with Gasteiger partial charge in [-0.1, -0.05) is 25.4 Å². The molecule has 0 N–H and O–H groups in total. The minimum Gasteiger partial charge on any atom is -0.485 e. The fourth-order valence-corrected chi connectivity index (χ4v) is 3.66. The summed E-state index contributed by atoms with van der Waals surface area (Å²) in [7, 11) is 0. The van der Waals surface area contributed by atoms with Crippen LogP contribution in [0.25, 0.3) is 17.1 Å². The monoisotopic (exact) mass is 497 g/mol. The van der Waals surface area contributed by atoms with Crippen molar-refractivity contribution in [1.29, 1.82) is 0 Å². The first-order chi connectivity index (χ1) is 16.7. The zero-order chi connectivity index (χ0) is 25.3. The van der Waals surface area contributed by atoms with Gasteiger partial charge in [-0.15, -0.1) is 0 Å². The molecule has 0 aliphatic rings. The third-order valence-corrected chi connectivity index (χ3v) is 5.66. The maximum Gasteiger partial charge on any atom is 0.277 e. The van der Waals surface area contributed by atoms with Crippen LogP contribution in [0, 0.1) is 25.5 Å². The highest BCUT2D eigenvalue weighted by Gasteiger charge is 2.18. The van der Waals surface area contributed by atoms with E-state index in [1.165, 1.54) is 4.57 Å². The predicted octanol–water partition coefficient (Wildman–Crippen LogP) is 5.34. The van der Waals surface area contributed by atoms with Gasteiger partial charge in [0, 0.05) is 36.1 Å². The molecular weight excluding hydrogens is 476 g/mol. The lowest BCUT2D eigenvalue weighted by atomic mass is 10.1. The highest BCUT2D eigenvalue weighted by molar-refractivity contribution is 6.31. The molecule has 4 heterocycles. The molecule has 0 fully saturated rings. The van der Waals surface area contributed by atoms with Crippen molar-refractivity contribution in [3.05, 3.63) is 92.6 Å². The van der Waals surface area contributed by atoms with E-state index in [1.807, 2.05) is 20.8 Å². The molecular formula is C25H22ClF2N5O2. The van der Waals surface area contributed by atoms with Crippen molar-refractivity contribution in [1.82, 2.24) is 24.5 Å². The lowest BCUT2D eigenvalue weighted by molar-refractivity contribution is 0.292. The highest BCUT2D eigenvalue weighted by Crippen LogP contribution is 2.27. The molecule has 0 amide bonds. The SMILES string of the molecule is Cc1cnc(-c2ccnc(C(C)C)n2)cc1-n1c(C)cc(OCc2ncc(F)cc2F)c(Cl)c1=O. The Kier molecular flexibility index (Phi) is 6.88. The van der Waals surface area contributed by atoms with Crippen molar-refractivity contribution in [2.45, 2.75) is 40.2 Å². The fraction of sp³-hybridized carbons (Fsp3) is 0.240. The third kappa shape index (κ3) is 5.05. The van der Waals surface area contributed by atoms with E-state index in [1.54, 1.807) is 37.5 Å². The topological polar surface area (TPSA) is 82.8 Å². The summed E-state index contributed by atoms with van der Waals surface area (Å²) in [5.74, 6) is -0.736. The maximum atomic E-state index is 13.9. The number of hydrogen-bond donors (Lipinski definition) is 0. The third-order valence-electron chi connectivity index (χ3n) is 5.32. The van der Waals surface area contributed by atoms with E-state index < -0.39 is 17.2 Å². The van der Waals surface area contributed by atoms with Crippen LogP contribution in [-0.2, 0) is 6.61 Å². The molecule has 35 heavy (non-hydrogen) atoms. The van der Waals surface area contributed by atoms with Crippen LogP contribution in [0.2, 0.25) is 5.02 Å². The van der Waals surface area contributed by atoms with Crippen molar-refractivity contribution < 1.29 is 13.5 Å². The Morgan fingerprint density at radius 2 is 1.83 bits per heavy atom. The molecule has 0 aliphatic heterocycles. The van der Waals surface area contributed by atoms with E-state index in [0.29, 0.717) is 34.7 Å². The van der Waals surface area contributed by atoms with Crippen LogP contribution < -0.4 is 10.3 Å². The highest BCUT2D eigenvalue weighted by atomic mass is 35.5. The number of pyridine rings is 3. The van der Waals surface area contributed by atoms with Crippen LogP contribution in [0.1, 0.15) is 42.5 Å². The van der Waals surface area contributed by atoms with Crippen molar-refractivity contribution >= 4 is 11.6 Å². The second-order valence-electron chi connectivity index (χ2n) is 8.29. The van der Waals surface area contributed by atoms with Gasteiger partial charge < -0.3 is 4.74 Å². The second-order valence-corrected chi connectivity index (χ2v) is 8.66. The smallest absolute Gasteiger partial charge is 0.277 e. The average molecular weight is 498 g/mol. The van der Waals surface area contributed by atoms with Gasteiger partial charge in [0.2, 0.25) is 0 Å². The molecule has 4 aromatic rings. The lowest BCUT2D eigenvalue weighted by Gasteiger charge is -2.17. The van der Waals surface area contributed by atoms with Crippen LogP contribution in [0.5, 0.6) is 5.75 Å². The first-order valence-electron chi connectivity index (χ1n) is 10.8. The van der Waals surface area contributed by atoms with Gasteiger partial charge in [-0.25, -0.2) is 18.7 Å². The Morgan fingerprint density at radius 1 is 1.06 bits per heavy atom. The molecule has 0 saturated carbocycles. The normalized spacial score (nSPS) is 11.2. The number of aromatic nitrogens is 5. The lowest BCUT2D eigenvalue weighted by Crippen LogP contribution is -2.23. The number of hydrogen-bond acceptors (Lipinski definition) is 6. The minimum atomic E-state index is -0.850. The Bertz CT molecular complexity index is 1470. The van der Waals surface area contributed by atoms with E-state index in [0.717, 1.165) is 11.8 Å². The number of rotatable bonds is 6. The van der Waals surface area contributed by atoms with E-state index in [9.17, 15) is 13.6 Å². The summed E-state index contributed by atoms with van der Waals surface area (Å²) in [6.07, 6.45) is 4.23. The number of nitrogens with zero attached hydrogens (tertiary/aromatic N) is 5. The average Bonchev–Trinajstić information content (AvgIpc) is 2.82. The summed E-state index contributed by atoms with van der Waals surface area (Å²) in [6, 6.07) is 5.81. The van der Waals surface area contributed by atoms with E-state index >= 15 is 0 Å². The molecule has 7 nitrogen and oxygen atoms in total. The zero-order valence-corrected chi connectivity index (χ0v) is 20.3. The molecule has 0 radical (unpaired) electrons. The van der Waals surface area contributed by atoms with Crippen LogP contribution in [0.15, 0.2) is 47.7 Å². The molecule has 10 heteroatoms. The zero-order valence-electron chi connectivity index (χ0n) is 19.5. The molecule has 4 aromatic heterocycles. The van der Waals surface area contributed by atoms with Gasteiger partial charge in [0.1, 0.15) is 34.7 Å². The van der Waals surface area contributed by atoms with Crippen LogP contribution in [0.4, 0.5) is 8.78 Å².